The summed E-state index contributed by atoms with van der Waals surface area (Å²) in [5.74, 6) is -1.19. The maximum Gasteiger partial charge on any atom is 0.472 e. The first-order valence-corrected chi connectivity index (χ1v) is 24.3. The lowest BCUT2D eigenvalue weighted by Crippen LogP contribution is -2.37. The second kappa shape index (κ2) is 40.4. The number of likely N-dealkylation sites (N-methyl/N-ethyl adjacent to an activating group) is 1. The number of carbonyl (C=O) groups is 2. The second-order valence-electron chi connectivity index (χ2n) is 16.0. The minimum Gasteiger partial charge on any atom is -0.462 e. The van der Waals surface area contributed by atoms with Crippen LogP contribution in [0.2, 0.25) is 0 Å². The normalized spacial score (nSPS) is 15.5. The van der Waals surface area contributed by atoms with E-state index in [4.69, 9.17) is 18.5 Å². The third-order valence-corrected chi connectivity index (χ3v) is 9.99. The maximum absolute atomic E-state index is 12.7. The standard InChI is InChI=1S/C50H82NO10P/c1-6-8-10-12-14-16-18-20-21-22-23-24-25-26-28-30-32-34-36-40-50(55)61-46(45-60-62(56,57)59-43-42-51(3,4)5)44-58-49(54)41-37-39-48(53)47(52)38-35-33-31-29-27-19-17-15-13-11-9-7-2/h8,10,14-17,20-21,23-24,26-29,32-35,46-48,52-53H,6-7,9,11-13,18-19,22,25,30-31,36-45H2,1-5H3/p+1/b10-8-,16-14-,17-15-,21-20-,24-23-,28-26-,29-27-,34-32-,35-33-/t46-,47?,48?/m1/s1. The average molecular weight is 889 g/mol. The van der Waals surface area contributed by atoms with E-state index in [-0.39, 0.29) is 38.7 Å². The van der Waals surface area contributed by atoms with E-state index in [0.29, 0.717) is 17.4 Å². The van der Waals surface area contributed by atoms with E-state index in [0.717, 1.165) is 57.8 Å². The Morgan fingerprint density at radius 2 is 1.08 bits per heavy atom. The molecular weight excluding hydrogens is 806 g/mol. The molecule has 0 fully saturated rings. The zero-order valence-corrected chi connectivity index (χ0v) is 39.7. The number of hydrogen-bond donors (Lipinski definition) is 3. The Morgan fingerprint density at radius 3 is 1.60 bits per heavy atom. The highest BCUT2D eigenvalue weighted by Gasteiger charge is 2.27. The van der Waals surface area contributed by atoms with Gasteiger partial charge in [-0.1, -0.05) is 136 Å². The summed E-state index contributed by atoms with van der Waals surface area (Å²) >= 11 is 0. The Hall–Kier alpha value is -3.41. The molecule has 0 saturated heterocycles. The Bertz CT molecular complexity index is 1450. The maximum atomic E-state index is 12.7. The Labute approximate surface area is 375 Å². The summed E-state index contributed by atoms with van der Waals surface area (Å²) in [5.41, 5.74) is 0. The molecule has 3 unspecified atom stereocenters. The van der Waals surface area contributed by atoms with E-state index in [1.807, 2.05) is 45.4 Å². The van der Waals surface area contributed by atoms with Gasteiger partial charge in [0.25, 0.3) is 0 Å². The van der Waals surface area contributed by atoms with Gasteiger partial charge in [-0.15, -0.1) is 0 Å². The number of nitrogens with zero attached hydrogens (tertiary/aromatic N) is 1. The monoisotopic (exact) mass is 889 g/mol. The molecule has 11 nitrogen and oxygen atoms in total. The fourth-order valence-corrected chi connectivity index (χ4v) is 6.06. The molecular formula is C50H83NO10P+. The lowest BCUT2D eigenvalue weighted by Gasteiger charge is -2.24. The van der Waals surface area contributed by atoms with Crippen LogP contribution in [-0.4, -0.2) is 97.3 Å². The third-order valence-electron chi connectivity index (χ3n) is 9.00. The van der Waals surface area contributed by atoms with Gasteiger partial charge in [-0.3, -0.25) is 18.6 Å². The highest BCUT2D eigenvalue weighted by atomic mass is 31.2. The highest BCUT2D eigenvalue weighted by Crippen LogP contribution is 2.43. The van der Waals surface area contributed by atoms with Crippen molar-refractivity contribution < 1.29 is 52.3 Å². The molecule has 0 aliphatic carbocycles. The molecule has 0 bridgehead atoms. The predicted molar refractivity (Wildman–Crippen MR) is 254 cm³/mol. The molecule has 0 rings (SSSR count). The first kappa shape index (κ1) is 58.6. The van der Waals surface area contributed by atoms with Crippen LogP contribution in [0, 0.1) is 0 Å². The van der Waals surface area contributed by atoms with Crippen molar-refractivity contribution in [2.75, 3.05) is 47.5 Å². The van der Waals surface area contributed by atoms with Crippen molar-refractivity contribution in [3.8, 4) is 0 Å². The molecule has 0 spiro atoms. The summed E-state index contributed by atoms with van der Waals surface area (Å²) < 4.78 is 34.0. The van der Waals surface area contributed by atoms with Crippen molar-refractivity contribution in [3.63, 3.8) is 0 Å². The van der Waals surface area contributed by atoms with Crippen molar-refractivity contribution >= 4 is 19.8 Å². The number of allylic oxidation sites excluding steroid dienone is 17. The Kier molecular flexibility index (Phi) is 38.1. The van der Waals surface area contributed by atoms with Gasteiger partial charge >= 0.3 is 19.8 Å². The third kappa shape index (κ3) is 41.9. The van der Waals surface area contributed by atoms with Gasteiger partial charge in [0.05, 0.1) is 40.0 Å². The van der Waals surface area contributed by atoms with Crippen LogP contribution in [0.25, 0.3) is 0 Å². The van der Waals surface area contributed by atoms with Crippen LogP contribution >= 0.6 is 7.82 Å². The van der Waals surface area contributed by atoms with Crippen molar-refractivity contribution in [2.45, 2.75) is 148 Å². The molecule has 0 aliphatic rings. The number of rotatable bonds is 39. The summed E-state index contributed by atoms with van der Waals surface area (Å²) in [4.78, 5) is 35.4. The summed E-state index contributed by atoms with van der Waals surface area (Å²) in [6.45, 7) is 3.82. The zero-order chi connectivity index (χ0) is 46.0. The molecule has 0 aromatic heterocycles. The van der Waals surface area contributed by atoms with Crippen LogP contribution in [0.15, 0.2) is 109 Å². The molecule has 0 aromatic rings. The molecule has 0 heterocycles. The number of quaternary nitrogens is 1. The molecule has 0 amide bonds. The summed E-state index contributed by atoms with van der Waals surface area (Å²) in [6.07, 6.45) is 47.6. The largest absolute Gasteiger partial charge is 0.472 e. The Morgan fingerprint density at radius 1 is 0.581 bits per heavy atom. The first-order chi connectivity index (χ1) is 29.8. The highest BCUT2D eigenvalue weighted by molar-refractivity contribution is 7.47. The lowest BCUT2D eigenvalue weighted by atomic mass is 10.0. The van der Waals surface area contributed by atoms with Crippen LogP contribution in [0.1, 0.15) is 129 Å². The number of carbonyl (C=O) groups excluding carboxylic acids is 2. The molecule has 3 N–H and O–H groups in total. The van der Waals surface area contributed by atoms with Gasteiger partial charge in [-0.05, 0) is 89.9 Å². The van der Waals surface area contributed by atoms with Crippen LogP contribution in [-0.2, 0) is 32.7 Å². The van der Waals surface area contributed by atoms with E-state index >= 15 is 0 Å². The number of aliphatic hydroxyl groups is 2. The average Bonchev–Trinajstić information content (AvgIpc) is 3.22. The van der Waals surface area contributed by atoms with Crippen LogP contribution < -0.4 is 0 Å². The minimum atomic E-state index is -4.47. The first-order valence-electron chi connectivity index (χ1n) is 22.8. The molecule has 4 atom stereocenters. The van der Waals surface area contributed by atoms with Crippen LogP contribution in [0.4, 0.5) is 0 Å². The fraction of sp³-hybridized carbons (Fsp3) is 0.600. The van der Waals surface area contributed by atoms with Crippen molar-refractivity contribution in [1.29, 1.82) is 0 Å². The topological polar surface area (TPSA) is 149 Å². The van der Waals surface area contributed by atoms with Gasteiger partial charge in [0.1, 0.15) is 19.8 Å². The van der Waals surface area contributed by atoms with Gasteiger partial charge in [0.2, 0.25) is 0 Å². The van der Waals surface area contributed by atoms with E-state index in [2.05, 4.69) is 98.9 Å². The smallest absolute Gasteiger partial charge is 0.462 e. The van der Waals surface area contributed by atoms with E-state index in [9.17, 15) is 29.3 Å². The molecule has 0 aliphatic heterocycles. The van der Waals surface area contributed by atoms with Crippen molar-refractivity contribution in [3.05, 3.63) is 109 Å². The molecule has 352 valence electrons. The number of ether oxygens (including phenoxy) is 2. The van der Waals surface area contributed by atoms with Gasteiger partial charge in [-0.2, -0.15) is 0 Å². The molecule has 12 heteroatoms. The Balaban J connectivity index is 4.72. The van der Waals surface area contributed by atoms with Gasteiger partial charge in [0, 0.05) is 12.8 Å². The summed E-state index contributed by atoms with van der Waals surface area (Å²) in [7, 11) is 1.26. The minimum absolute atomic E-state index is 0.0335. The number of aliphatic hydroxyl groups excluding tert-OH is 2. The molecule has 62 heavy (non-hydrogen) atoms. The predicted octanol–water partition coefficient (Wildman–Crippen LogP) is 11.1. The van der Waals surface area contributed by atoms with E-state index < -0.39 is 51.3 Å². The SMILES string of the molecule is CC/C=C\C/C=C\C/C=C\C/C=C\C/C=C\C/C=C\CCC(=O)O[C@H](COC(=O)CCCC(O)C(O)C/C=C\C/C=C\C/C=C\CCCCC)COP(=O)(O)OCC[N+](C)(C)C. The quantitative estimate of drug-likeness (QED) is 0.0179. The summed E-state index contributed by atoms with van der Waals surface area (Å²) in [6, 6.07) is 0. The zero-order valence-electron chi connectivity index (χ0n) is 38.8. The second-order valence-corrected chi connectivity index (χ2v) is 17.5. The molecule has 0 aromatic carbocycles. The number of phosphoric ester groups is 1. The number of hydrogen-bond acceptors (Lipinski definition) is 9. The van der Waals surface area contributed by atoms with Crippen molar-refractivity contribution in [2.24, 2.45) is 0 Å². The lowest BCUT2D eigenvalue weighted by molar-refractivity contribution is -0.870. The number of esters is 2. The van der Waals surface area contributed by atoms with Crippen molar-refractivity contribution in [1.82, 2.24) is 0 Å². The number of phosphoric acid groups is 1. The van der Waals surface area contributed by atoms with Gasteiger partial charge < -0.3 is 29.1 Å². The van der Waals surface area contributed by atoms with Gasteiger partial charge in [0.15, 0.2) is 6.10 Å². The molecule has 0 saturated carbocycles. The number of unbranched alkanes of at least 4 members (excludes halogenated alkanes) is 3. The molecule has 0 radical (unpaired) electrons. The van der Waals surface area contributed by atoms with Crippen LogP contribution in [0.5, 0.6) is 0 Å². The van der Waals surface area contributed by atoms with E-state index in [1.54, 1.807) is 0 Å². The van der Waals surface area contributed by atoms with E-state index in [1.165, 1.54) is 19.3 Å². The summed E-state index contributed by atoms with van der Waals surface area (Å²) in [5, 5.41) is 20.7. The van der Waals surface area contributed by atoms with Gasteiger partial charge in [-0.25, -0.2) is 4.57 Å². The van der Waals surface area contributed by atoms with Crippen LogP contribution in [0.3, 0.4) is 0 Å². The fourth-order valence-electron chi connectivity index (χ4n) is 5.32.